The number of aromatic nitrogens is 1. The lowest BCUT2D eigenvalue weighted by molar-refractivity contribution is -0.593. The molecule has 3 aromatic carbocycles. The summed E-state index contributed by atoms with van der Waals surface area (Å²) in [5.41, 5.74) is -1.19. The van der Waals surface area contributed by atoms with E-state index in [1.165, 1.54) is 18.2 Å². The third-order valence-corrected chi connectivity index (χ3v) is 7.51. The van der Waals surface area contributed by atoms with Crippen LogP contribution in [0.2, 0.25) is 0 Å². The lowest BCUT2D eigenvalue weighted by atomic mass is 10.0. The number of hydrogen-bond acceptors (Lipinski definition) is 6. The number of halogens is 8. The monoisotopic (exact) mass is 633 g/mol. The first-order valence-corrected chi connectivity index (χ1v) is 13.4. The van der Waals surface area contributed by atoms with Crippen LogP contribution in [0.1, 0.15) is 23.7 Å². The number of pyridine rings is 1. The number of hydrogen-bond donors (Lipinski definition) is 0. The van der Waals surface area contributed by atoms with Crippen molar-refractivity contribution in [2.75, 3.05) is 6.61 Å². The SMILES string of the molecule is O=S(=O)(Oc1c(F)c(F)c(F)c(F)c1F)c1ccc2c(c1)OCCC2Oc1ccc(C(F)(F)F)cc1-c1cccc[n+]1[O-]. The van der Waals surface area contributed by atoms with E-state index in [0.717, 1.165) is 42.6 Å². The topological polar surface area (TPSA) is 88.8 Å². The molecule has 2 heterocycles. The van der Waals surface area contributed by atoms with Crippen LogP contribution >= 0.6 is 0 Å². The van der Waals surface area contributed by atoms with Crippen LogP contribution in [0, 0.1) is 34.3 Å². The van der Waals surface area contributed by atoms with E-state index in [9.17, 15) is 48.7 Å². The zero-order valence-electron chi connectivity index (χ0n) is 21.1. The maximum atomic E-state index is 14.0. The molecule has 4 aromatic rings. The number of nitrogens with zero attached hydrogens (tertiary/aromatic N) is 1. The van der Waals surface area contributed by atoms with Crippen molar-refractivity contribution in [3.8, 4) is 28.5 Å². The van der Waals surface area contributed by atoms with Gasteiger partial charge in [0.15, 0.2) is 6.20 Å². The van der Waals surface area contributed by atoms with Gasteiger partial charge in [-0.1, -0.05) is 6.07 Å². The number of rotatable bonds is 6. The van der Waals surface area contributed by atoms with Crippen LogP contribution in [0.5, 0.6) is 17.2 Å². The molecular weight excluding hydrogens is 618 g/mol. The summed E-state index contributed by atoms with van der Waals surface area (Å²) in [7, 11) is -5.18. The molecule has 1 aromatic heterocycles. The van der Waals surface area contributed by atoms with Gasteiger partial charge < -0.3 is 18.9 Å². The first-order chi connectivity index (χ1) is 20.2. The molecule has 7 nitrogen and oxygen atoms in total. The minimum absolute atomic E-state index is 0.0947. The molecule has 0 bridgehead atoms. The maximum absolute atomic E-state index is 14.0. The zero-order chi connectivity index (χ0) is 31.3. The Bertz CT molecular complexity index is 1820. The van der Waals surface area contributed by atoms with E-state index in [-0.39, 0.29) is 41.3 Å². The first-order valence-electron chi connectivity index (χ1n) is 12.0. The Labute approximate surface area is 237 Å². The van der Waals surface area contributed by atoms with Crippen molar-refractivity contribution in [2.45, 2.75) is 23.6 Å². The minimum atomic E-state index is -5.18. The van der Waals surface area contributed by atoms with Gasteiger partial charge in [-0.05, 0) is 30.3 Å². The molecule has 16 heteroatoms. The van der Waals surface area contributed by atoms with Crippen molar-refractivity contribution in [1.29, 1.82) is 0 Å². The average molecular weight is 633 g/mol. The highest BCUT2D eigenvalue weighted by Gasteiger charge is 2.35. The van der Waals surface area contributed by atoms with Gasteiger partial charge in [-0.25, -0.2) is 13.2 Å². The molecule has 0 aliphatic carbocycles. The van der Waals surface area contributed by atoms with Crippen molar-refractivity contribution in [1.82, 2.24) is 0 Å². The van der Waals surface area contributed by atoms with Crippen LogP contribution in [0.25, 0.3) is 11.3 Å². The Morgan fingerprint density at radius 3 is 2.21 bits per heavy atom. The van der Waals surface area contributed by atoms with Crippen molar-refractivity contribution < 1.29 is 61.9 Å². The summed E-state index contributed by atoms with van der Waals surface area (Å²) in [5, 5.41) is 12.4. The number of ether oxygens (including phenoxy) is 2. The van der Waals surface area contributed by atoms with E-state index >= 15 is 0 Å². The predicted molar refractivity (Wildman–Crippen MR) is 130 cm³/mol. The van der Waals surface area contributed by atoms with Crippen LogP contribution in [-0.2, 0) is 16.3 Å². The molecule has 0 spiro atoms. The summed E-state index contributed by atoms with van der Waals surface area (Å²) in [4.78, 5) is -0.789. The van der Waals surface area contributed by atoms with Gasteiger partial charge in [-0.3, -0.25) is 0 Å². The number of alkyl halides is 3. The van der Waals surface area contributed by atoms with Crippen LogP contribution in [0.4, 0.5) is 35.1 Å². The molecule has 1 aliphatic rings. The summed E-state index contributed by atoms with van der Waals surface area (Å²) < 4.78 is 150. The largest absolute Gasteiger partial charge is 0.618 e. The molecule has 0 N–H and O–H groups in total. The van der Waals surface area contributed by atoms with Crippen LogP contribution in [0.3, 0.4) is 0 Å². The van der Waals surface area contributed by atoms with Crippen molar-refractivity contribution in [3.63, 3.8) is 0 Å². The molecule has 0 radical (unpaired) electrons. The Balaban J connectivity index is 1.49. The van der Waals surface area contributed by atoms with Gasteiger partial charge in [0.1, 0.15) is 22.5 Å². The van der Waals surface area contributed by atoms with Gasteiger partial charge in [0.25, 0.3) is 0 Å². The summed E-state index contributed by atoms with van der Waals surface area (Å²) in [6, 6.07) is 9.49. The number of fused-ring (bicyclic) bond motifs is 1. The third-order valence-electron chi connectivity index (χ3n) is 6.30. The zero-order valence-corrected chi connectivity index (χ0v) is 21.9. The molecule has 1 aliphatic heterocycles. The van der Waals surface area contributed by atoms with Crippen LogP contribution in [0.15, 0.2) is 65.7 Å². The molecule has 226 valence electrons. The summed E-state index contributed by atoms with van der Waals surface area (Å²) in [5.74, 6) is -14.7. The summed E-state index contributed by atoms with van der Waals surface area (Å²) in [6.07, 6.45) is -4.48. The van der Waals surface area contributed by atoms with E-state index in [1.807, 2.05) is 0 Å². The van der Waals surface area contributed by atoms with Crippen molar-refractivity contribution in [2.24, 2.45) is 0 Å². The van der Waals surface area contributed by atoms with Gasteiger partial charge in [-0.15, -0.1) is 0 Å². The highest BCUT2D eigenvalue weighted by atomic mass is 32.2. The third kappa shape index (κ3) is 5.61. The standard InChI is InChI=1S/C27H15F8NO6S/c28-21-22(29)24(31)26(25(32)23(21)30)42-43(38,39)14-5-6-15-19(8-10-40-20(15)12-14)41-18-7-4-13(27(33,34)35)11-16(18)17-3-1-2-9-36(17)37/h1-7,9,11-12,19H,8,10H2. The van der Waals surface area contributed by atoms with E-state index in [1.54, 1.807) is 0 Å². The fourth-order valence-corrected chi connectivity index (χ4v) is 5.18. The summed E-state index contributed by atoms with van der Waals surface area (Å²) >= 11 is 0. The van der Waals surface area contributed by atoms with Gasteiger partial charge >= 0.3 is 16.3 Å². The molecule has 1 atom stereocenters. The molecule has 0 fully saturated rings. The van der Waals surface area contributed by atoms with Gasteiger partial charge in [0.2, 0.25) is 40.5 Å². The molecule has 5 rings (SSSR count). The molecule has 0 amide bonds. The lowest BCUT2D eigenvalue weighted by Crippen LogP contribution is -2.28. The molecule has 0 saturated carbocycles. The van der Waals surface area contributed by atoms with Crippen molar-refractivity contribution >= 4 is 10.1 Å². The molecule has 43 heavy (non-hydrogen) atoms. The highest BCUT2D eigenvalue weighted by molar-refractivity contribution is 7.87. The minimum Gasteiger partial charge on any atom is -0.618 e. The second-order valence-corrected chi connectivity index (χ2v) is 10.5. The molecular formula is C27H15F8NO6S. The second-order valence-electron chi connectivity index (χ2n) is 9.00. The Hall–Kier alpha value is -4.60. The van der Waals surface area contributed by atoms with Gasteiger partial charge in [0, 0.05) is 30.2 Å². The van der Waals surface area contributed by atoms with Gasteiger partial charge in [0.05, 0.1) is 17.7 Å². The number of benzene rings is 3. The Morgan fingerprint density at radius 1 is 0.884 bits per heavy atom. The quantitative estimate of drug-likeness (QED) is 0.0613. The highest BCUT2D eigenvalue weighted by Crippen LogP contribution is 2.42. The average Bonchev–Trinajstić information content (AvgIpc) is 2.97. The van der Waals surface area contributed by atoms with E-state index in [0.29, 0.717) is 4.73 Å². The van der Waals surface area contributed by atoms with E-state index in [2.05, 4.69) is 4.18 Å². The maximum Gasteiger partial charge on any atom is 0.416 e. The van der Waals surface area contributed by atoms with Crippen LogP contribution < -0.4 is 18.4 Å². The van der Waals surface area contributed by atoms with Crippen LogP contribution in [-0.4, -0.2) is 15.0 Å². The second kappa shape index (κ2) is 10.9. The normalized spacial score (nSPS) is 15.0. The molecule has 0 saturated heterocycles. The van der Waals surface area contributed by atoms with Gasteiger partial charge in [-0.2, -0.15) is 35.1 Å². The fourth-order valence-electron chi connectivity index (χ4n) is 4.23. The Kier molecular flexibility index (Phi) is 7.58. The predicted octanol–water partition coefficient (Wildman–Crippen LogP) is 6.37. The lowest BCUT2D eigenvalue weighted by Gasteiger charge is -2.28. The summed E-state index contributed by atoms with van der Waals surface area (Å²) in [6.45, 7) is -0.0947. The van der Waals surface area contributed by atoms with E-state index in [4.69, 9.17) is 9.47 Å². The smallest absolute Gasteiger partial charge is 0.416 e. The van der Waals surface area contributed by atoms with E-state index < -0.39 is 67.7 Å². The Morgan fingerprint density at radius 2 is 1.56 bits per heavy atom. The molecule has 1 unspecified atom stereocenters. The first kappa shape index (κ1) is 29.9. The fraction of sp³-hybridized carbons (Fsp3) is 0.148. The van der Waals surface area contributed by atoms with Crippen molar-refractivity contribution in [3.05, 3.63) is 106 Å².